The molecule has 1 heterocycles. The molecule has 3 rings (SSSR count). The van der Waals surface area contributed by atoms with E-state index in [4.69, 9.17) is 19.4 Å². The lowest BCUT2D eigenvalue weighted by Crippen LogP contribution is -2.62. The van der Waals surface area contributed by atoms with Crippen molar-refractivity contribution < 1.29 is 42.2 Å². The third-order valence-corrected chi connectivity index (χ3v) is 7.05. The van der Waals surface area contributed by atoms with E-state index in [0.29, 0.717) is 12.1 Å². The van der Waals surface area contributed by atoms with Crippen molar-refractivity contribution in [2.75, 3.05) is 4.90 Å². The Kier molecular flexibility index (Phi) is 7.04. The minimum Gasteiger partial charge on any atom is -0.352 e. The average Bonchev–Trinajstić information content (AvgIpc) is 2.79. The minimum absolute atomic E-state index is 0.0678. The Balaban J connectivity index is 2.11. The summed E-state index contributed by atoms with van der Waals surface area (Å²) in [6, 6.07) is -0.234. The molecule has 1 saturated carbocycles. The SMILES string of the molecule is [B][C@@](C(=O)NC1CCC(F)(F)CC1)(c1cncnc1)N(C(=O)[C@H](F)Cl)c1ccc(S(F)(F)(F)(F)F)cc1. The van der Waals surface area contributed by atoms with Gasteiger partial charge in [0.15, 0.2) is 0 Å². The Morgan fingerprint density at radius 3 is 2.05 bits per heavy atom. The van der Waals surface area contributed by atoms with Gasteiger partial charge in [-0.1, -0.05) is 31.0 Å². The predicted molar refractivity (Wildman–Crippen MR) is 121 cm³/mol. The van der Waals surface area contributed by atoms with E-state index in [0.717, 1.165) is 18.7 Å². The highest BCUT2D eigenvalue weighted by Gasteiger charge is 2.65. The second-order valence-electron chi connectivity index (χ2n) is 8.43. The largest absolute Gasteiger partial charge is 0.352 e. The zero-order valence-electron chi connectivity index (χ0n) is 18.6. The first kappa shape index (κ1) is 28.9. The van der Waals surface area contributed by atoms with Gasteiger partial charge in [-0.25, -0.2) is 23.1 Å². The third kappa shape index (κ3) is 6.45. The molecule has 1 aliphatic rings. The van der Waals surface area contributed by atoms with Gasteiger partial charge in [0, 0.05) is 42.5 Å². The van der Waals surface area contributed by atoms with Gasteiger partial charge in [0.2, 0.25) is 11.8 Å². The van der Waals surface area contributed by atoms with Crippen molar-refractivity contribution >= 4 is 47.2 Å². The second-order valence-corrected chi connectivity index (χ2v) is 11.2. The maximum Gasteiger partial charge on any atom is 0.310 e. The standard InChI is InChI=1S/C20H18BClF8N4O2S/c21-20(12-9-31-11-32-10-12,18(36)33-13-5-7-19(24,25)8-6-13)34(17(35)16(22)23)14-1-3-15(4-2-14)37(26,27,28,29)30/h1-4,9-11,13,16H,5-8H2,(H,33,36)/t16-,20-/m0/s1. The van der Waals surface area contributed by atoms with Gasteiger partial charge in [-0.2, -0.15) is 0 Å². The first-order chi connectivity index (χ1) is 16.7. The van der Waals surface area contributed by atoms with Gasteiger partial charge in [0.1, 0.15) is 24.5 Å². The number of hydrogen-bond donors (Lipinski definition) is 1. The highest BCUT2D eigenvalue weighted by molar-refractivity contribution is 8.45. The first-order valence-electron chi connectivity index (χ1n) is 10.4. The van der Waals surface area contributed by atoms with Crippen LogP contribution in [0.1, 0.15) is 31.2 Å². The van der Waals surface area contributed by atoms with E-state index in [-0.39, 0.29) is 35.4 Å². The van der Waals surface area contributed by atoms with Crippen LogP contribution in [0, 0.1) is 0 Å². The molecule has 202 valence electrons. The van der Waals surface area contributed by atoms with Crippen molar-refractivity contribution in [3.8, 4) is 0 Å². The molecule has 0 spiro atoms. The number of nitrogens with one attached hydrogen (secondary N) is 1. The van der Waals surface area contributed by atoms with E-state index in [9.17, 15) is 42.2 Å². The summed E-state index contributed by atoms with van der Waals surface area (Å²) in [5.41, 5.74) is -6.77. The number of carbonyl (C=O) groups excluding carboxylic acids is 2. The zero-order chi connectivity index (χ0) is 27.9. The zero-order valence-corrected chi connectivity index (χ0v) is 20.1. The van der Waals surface area contributed by atoms with Gasteiger partial charge in [0.25, 0.3) is 11.5 Å². The van der Waals surface area contributed by atoms with Crippen LogP contribution >= 0.6 is 21.8 Å². The molecule has 0 bridgehead atoms. The number of hydrogen-bond acceptors (Lipinski definition) is 4. The molecule has 2 radical (unpaired) electrons. The first-order valence-corrected chi connectivity index (χ1v) is 12.8. The Morgan fingerprint density at radius 1 is 1.08 bits per heavy atom. The van der Waals surface area contributed by atoms with Crippen LogP contribution in [0.25, 0.3) is 0 Å². The summed E-state index contributed by atoms with van der Waals surface area (Å²) >= 11 is 5.29. The smallest absolute Gasteiger partial charge is 0.310 e. The van der Waals surface area contributed by atoms with Crippen LogP contribution in [0.4, 0.5) is 38.3 Å². The molecule has 0 saturated heterocycles. The van der Waals surface area contributed by atoms with Crippen LogP contribution < -0.4 is 10.2 Å². The summed E-state index contributed by atoms with van der Waals surface area (Å²) < 4.78 is 107. The molecule has 2 aromatic rings. The summed E-state index contributed by atoms with van der Waals surface area (Å²) in [5, 5.41) is 2.38. The summed E-state index contributed by atoms with van der Waals surface area (Å²) in [5.74, 6) is -5.96. The number of rotatable bonds is 7. The molecule has 1 aromatic heterocycles. The Labute approximate surface area is 211 Å². The van der Waals surface area contributed by atoms with Crippen molar-refractivity contribution in [2.24, 2.45) is 0 Å². The van der Waals surface area contributed by atoms with Gasteiger partial charge >= 0.3 is 10.2 Å². The quantitative estimate of drug-likeness (QED) is 0.260. The van der Waals surface area contributed by atoms with Crippen LogP contribution in [0.15, 0.2) is 47.9 Å². The molecule has 1 aliphatic carbocycles. The second kappa shape index (κ2) is 9.00. The number of aromatic nitrogens is 2. The molecular formula is C20H18BClF8N4O2S. The number of benzene rings is 1. The molecular weight excluding hydrogens is 559 g/mol. The van der Waals surface area contributed by atoms with Gasteiger partial charge in [-0.15, -0.1) is 0 Å². The van der Waals surface area contributed by atoms with Gasteiger partial charge in [-0.05, 0) is 37.1 Å². The van der Waals surface area contributed by atoms with Crippen molar-refractivity contribution in [3.05, 3.63) is 48.5 Å². The van der Waals surface area contributed by atoms with Crippen LogP contribution in [0.2, 0.25) is 0 Å². The minimum atomic E-state index is -10.1. The van der Waals surface area contributed by atoms with Crippen LogP contribution in [-0.4, -0.2) is 47.2 Å². The number of anilines is 1. The summed E-state index contributed by atoms with van der Waals surface area (Å²) in [4.78, 5) is 31.4. The summed E-state index contributed by atoms with van der Waals surface area (Å²) in [6.07, 6.45) is 1.36. The molecule has 1 N–H and O–H groups in total. The normalized spacial score (nSPS) is 20.6. The number of nitrogens with zero attached hydrogens (tertiary/aromatic N) is 3. The van der Waals surface area contributed by atoms with E-state index in [1.54, 1.807) is 0 Å². The summed E-state index contributed by atoms with van der Waals surface area (Å²) in [7, 11) is -3.83. The molecule has 2 amide bonds. The molecule has 17 heteroatoms. The van der Waals surface area contributed by atoms with Crippen molar-refractivity contribution in [2.45, 2.75) is 53.6 Å². The lowest BCUT2D eigenvalue weighted by atomic mass is 9.69. The fraction of sp³-hybridized carbons (Fsp3) is 0.400. The van der Waals surface area contributed by atoms with Crippen molar-refractivity contribution in [1.29, 1.82) is 0 Å². The molecule has 0 unspecified atom stereocenters. The Bertz CT molecular complexity index is 1170. The maximum absolute atomic E-state index is 14.1. The van der Waals surface area contributed by atoms with Crippen LogP contribution in [0.3, 0.4) is 0 Å². The van der Waals surface area contributed by atoms with Crippen LogP contribution in [0.5, 0.6) is 0 Å². The fourth-order valence-electron chi connectivity index (χ4n) is 3.79. The van der Waals surface area contributed by atoms with Crippen molar-refractivity contribution in [1.82, 2.24) is 15.3 Å². The van der Waals surface area contributed by atoms with Gasteiger partial charge in [0.05, 0.1) is 0 Å². The molecule has 0 aliphatic heterocycles. The van der Waals surface area contributed by atoms with Gasteiger partial charge < -0.3 is 5.32 Å². The lowest BCUT2D eigenvalue weighted by molar-refractivity contribution is -0.130. The fourth-order valence-corrected chi connectivity index (χ4v) is 4.54. The predicted octanol–water partition coefficient (Wildman–Crippen LogP) is 5.72. The molecule has 37 heavy (non-hydrogen) atoms. The van der Waals surface area contributed by atoms with Crippen LogP contribution in [-0.2, 0) is 15.0 Å². The van der Waals surface area contributed by atoms with E-state index in [1.165, 1.54) is 0 Å². The number of halogens is 9. The number of amides is 2. The lowest BCUT2D eigenvalue weighted by Gasteiger charge is -2.43. The topological polar surface area (TPSA) is 75.2 Å². The maximum atomic E-state index is 14.1. The molecule has 1 aromatic carbocycles. The monoisotopic (exact) mass is 576 g/mol. The van der Waals surface area contributed by atoms with E-state index >= 15 is 0 Å². The van der Waals surface area contributed by atoms with Crippen molar-refractivity contribution in [3.63, 3.8) is 0 Å². The number of carbonyl (C=O) groups is 2. The average molecular weight is 577 g/mol. The molecule has 6 nitrogen and oxygen atoms in total. The summed E-state index contributed by atoms with van der Waals surface area (Å²) in [6.45, 7) is 0. The van der Waals surface area contributed by atoms with E-state index < -0.39 is 68.5 Å². The van der Waals surface area contributed by atoms with E-state index in [1.807, 2.05) is 0 Å². The Hall–Kier alpha value is -2.62. The highest BCUT2D eigenvalue weighted by atomic mass is 35.5. The van der Waals surface area contributed by atoms with Gasteiger partial charge in [-0.3, -0.25) is 14.5 Å². The third-order valence-electron chi connectivity index (χ3n) is 5.70. The highest BCUT2D eigenvalue weighted by Crippen LogP contribution is 3.02. The molecule has 1 fully saturated rings. The van der Waals surface area contributed by atoms with E-state index in [2.05, 4.69) is 15.3 Å². The number of alkyl halides is 4. The Morgan fingerprint density at radius 2 is 1.59 bits per heavy atom. The molecule has 2 atom stereocenters.